The van der Waals surface area contributed by atoms with Crippen LogP contribution in [0.4, 0.5) is 47.8 Å². The van der Waals surface area contributed by atoms with Crippen LogP contribution < -0.4 is 16.8 Å². The summed E-state index contributed by atoms with van der Waals surface area (Å²) in [4.78, 5) is 12.2. The van der Waals surface area contributed by atoms with Crippen molar-refractivity contribution in [3.63, 3.8) is 0 Å². The SMILES string of the molecule is Nc1ccc(C(=O)Nc2ccc(-c3ccc(N)cc3C(F)(F)F)c(C(F)(F)F)c2)c(F)c1. The summed E-state index contributed by atoms with van der Waals surface area (Å²) in [6.07, 6.45) is -10.0. The van der Waals surface area contributed by atoms with Crippen molar-refractivity contribution in [1.29, 1.82) is 0 Å². The van der Waals surface area contributed by atoms with Gasteiger partial charge >= 0.3 is 12.4 Å². The number of halogens is 7. The second-order valence-corrected chi connectivity index (χ2v) is 6.75. The first-order chi connectivity index (χ1) is 14.8. The van der Waals surface area contributed by atoms with Gasteiger partial charge in [0.25, 0.3) is 5.91 Å². The second-order valence-electron chi connectivity index (χ2n) is 6.75. The highest BCUT2D eigenvalue weighted by atomic mass is 19.4. The predicted octanol–water partition coefficient (Wildman–Crippen LogP) is 5.95. The van der Waals surface area contributed by atoms with Crippen LogP contribution >= 0.6 is 0 Å². The van der Waals surface area contributed by atoms with Crippen LogP contribution in [0.25, 0.3) is 11.1 Å². The average molecular weight is 457 g/mol. The standard InChI is InChI=1S/C21H14F7N3O/c22-18-8-11(30)2-5-15(18)19(32)31-12-3-6-14(17(9-12)21(26,27)28)13-4-1-10(29)7-16(13)20(23,24)25/h1-9H,29-30H2,(H,31,32). The maximum Gasteiger partial charge on any atom is 0.417 e. The average Bonchev–Trinajstić information content (AvgIpc) is 2.66. The summed E-state index contributed by atoms with van der Waals surface area (Å²) in [5.74, 6) is -2.06. The first-order valence-corrected chi connectivity index (χ1v) is 8.82. The minimum atomic E-state index is -5.06. The number of rotatable bonds is 3. The van der Waals surface area contributed by atoms with Crippen LogP contribution in [0.2, 0.25) is 0 Å². The molecule has 4 nitrogen and oxygen atoms in total. The molecule has 0 saturated heterocycles. The van der Waals surface area contributed by atoms with Crippen molar-refractivity contribution in [2.24, 2.45) is 0 Å². The monoisotopic (exact) mass is 457 g/mol. The van der Waals surface area contributed by atoms with E-state index in [0.29, 0.717) is 12.1 Å². The van der Waals surface area contributed by atoms with E-state index >= 15 is 0 Å². The highest BCUT2D eigenvalue weighted by molar-refractivity contribution is 6.04. The molecule has 32 heavy (non-hydrogen) atoms. The van der Waals surface area contributed by atoms with E-state index < -0.39 is 57.6 Å². The van der Waals surface area contributed by atoms with Gasteiger partial charge in [-0.25, -0.2) is 4.39 Å². The molecule has 0 heterocycles. The molecule has 3 aromatic carbocycles. The number of benzene rings is 3. The maximum atomic E-state index is 13.9. The summed E-state index contributed by atoms with van der Waals surface area (Å²) >= 11 is 0. The molecule has 3 aromatic rings. The molecule has 0 fully saturated rings. The summed E-state index contributed by atoms with van der Waals surface area (Å²) in [7, 11) is 0. The topological polar surface area (TPSA) is 81.1 Å². The Balaban J connectivity index is 2.08. The second kappa shape index (κ2) is 8.06. The molecule has 0 spiro atoms. The van der Waals surface area contributed by atoms with Gasteiger partial charge in [0.05, 0.1) is 16.7 Å². The highest BCUT2D eigenvalue weighted by Crippen LogP contribution is 2.44. The molecule has 0 bridgehead atoms. The molecule has 0 aliphatic heterocycles. The zero-order valence-electron chi connectivity index (χ0n) is 15.9. The van der Waals surface area contributed by atoms with Gasteiger partial charge in [-0.05, 0) is 53.6 Å². The summed E-state index contributed by atoms with van der Waals surface area (Å²) in [5.41, 5.74) is 5.38. The number of carbonyl (C=O) groups is 1. The third kappa shape index (κ3) is 4.76. The van der Waals surface area contributed by atoms with Gasteiger partial charge in [-0.3, -0.25) is 4.79 Å². The molecular weight excluding hydrogens is 443 g/mol. The largest absolute Gasteiger partial charge is 0.417 e. The molecular formula is C21H14F7N3O. The van der Waals surface area contributed by atoms with E-state index in [1.165, 1.54) is 6.07 Å². The van der Waals surface area contributed by atoms with E-state index in [1.807, 2.05) is 0 Å². The lowest BCUT2D eigenvalue weighted by Gasteiger charge is -2.19. The van der Waals surface area contributed by atoms with Gasteiger partial charge in [-0.2, -0.15) is 26.3 Å². The number of anilines is 3. The number of nitrogens with one attached hydrogen (secondary N) is 1. The number of carbonyl (C=O) groups excluding carboxylic acids is 1. The van der Waals surface area contributed by atoms with E-state index in [4.69, 9.17) is 11.5 Å². The maximum absolute atomic E-state index is 13.9. The van der Waals surface area contributed by atoms with Crippen LogP contribution in [0.3, 0.4) is 0 Å². The molecule has 0 saturated carbocycles. The lowest BCUT2D eigenvalue weighted by molar-refractivity contribution is -0.139. The van der Waals surface area contributed by atoms with E-state index in [-0.39, 0.29) is 11.4 Å². The van der Waals surface area contributed by atoms with Gasteiger partial charge in [0.2, 0.25) is 0 Å². The fraction of sp³-hybridized carbons (Fsp3) is 0.0952. The lowest BCUT2D eigenvalue weighted by Crippen LogP contribution is -2.16. The molecule has 5 N–H and O–H groups in total. The number of nitrogens with two attached hydrogens (primary N) is 2. The zero-order chi connectivity index (χ0) is 23.8. The predicted molar refractivity (Wildman–Crippen MR) is 105 cm³/mol. The number of amides is 1. The molecule has 0 atom stereocenters. The molecule has 0 radical (unpaired) electrons. The highest BCUT2D eigenvalue weighted by Gasteiger charge is 2.38. The van der Waals surface area contributed by atoms with Gasteiger partial charge < -0.3 is 16.8 Å². The molecule has 0 aliphatic rings. The van der Waals surface area contributed by atoms with Gasteiger partial charge in [-0.1, -0.05) is 12.1 Å². The smallest absolute Gasteiger partial charge is 0.399 e. The summed E-state index contributed by atoms with van der Waals surface area (Å²) < 4.78 is 95.2. The van der Waals surface area contributed by atoms with Crippen LogP contribution in [0.5, 0.6) is 0 Å². The summed E-state index contributed by atoms with van der Waals surface area (Å²) in [5, 5.41) is 2.10. The van der Waals surface area contributed by atoms with E-state index in [2.05, 4.69) is 5.32 Å². The molecule has 0 aliphatic carbocycles. The molecule has 168 valence electrons. The number of hydrogen-bond acceptors (Lipinski definition) is 3. The van der Waals surface area contributed by atoms with Gasteiger partial charge in [0.1, 0.15) is 5.82 Å². The molecule has 0 aromatic heterocycles. The van der Waals surface area contributed by atoms with Crippen LogP contribution in [-0.2, 0) is 12.4 Å². The minimum absolute atomic E-state index is 0.0340. The van der Waals surface area contributed by atoms with Gasteiger partial charge in [0, 0.05) is 17.1 Å². The molecule has 0 unspecified atom stereocenters. The Morgan fingerprint density at radius 3 is 1.78 bits per heavy atom. The zero-order valence-corrected chi connectivity index (χ0v) is 15.9. The fourth-order valence-corrected chi connectivity index (χ4v) is 3.04. The number of hydrogen-bond donors (Lipinski definition) is 3. The number of alkyl halides is 6. The summed E-state index contributed by atoms with van der Waals surface area (Å²) in [6.45, 7) is 0. The van der Waals surface area contributed by atoms with E-state index in [9.17, 15) is 35.5 Å². The minimum Gasteiger partial charge on any atom is -0.399 e. The Bertz CT molecular complexity index is 1190. The van der Waals surface area contributed by atoms with Gasteiger partial charge in [0.15, 0.2) is 0 Å². The third-order valence-electron chi connectivity index (χ3n) is 4.46. The van der Waals surface area contributed by atoms with Crippen LogP contribution in [-0.4, -0.2) is 5.91 Å². The Kier molecular flexibility index (Phi) is 5.77. The Morgan fingerprint density at radius 2 is 1.22 bits per heavy atom. The van der Waals surface area contributed by atoms with Crippen molar-refractivity contribution in [2.75, 3.05) is 16.8 Å². The van der Waals surface area contributed by atoms with E-state index in [1.54, 1.807) is 0 Å². The van der Waals surface area contributed by atoms with Crippen molar-refractivity contribution in [2.45, 2.75) is 12.4 Å². The molecule has 1 amide bonds. The first kappa shape index (κ1) is 22.9. The van der Waals surface area contributed by atoms with Crippen LogP contribution in [0, 0.1) is 5.82 Å². The quantitative estimate of drug-likeness (QED) is 0.336. The Hall–Kier alpha value is -3.76. The lowest BCUT2D eigenvalue weighted by atomic mass is 9.93. The third-order valence-corrected chi connectivity index (χ3v) is 4.46. The van der Waals surface area contributed by atoms with Crippen molar-refractivity contribution < 1.29 is 35.5 Å². The summed E-state index contributed by atoms with van der Waals surface area (Å²) in [6, 6.07) is 7.79. The Morgan fingerprint density at radius 1 is 0.719 bits per heavy atom. The molecule has 11 heteroatoms. The van der Waals surface area contributed by atoms with Crippen LogP contribution in [0.1, 0.15) is 21.5 Å². The fourth-order valence-electron chi connectivity index (χ4n) is 3.04. The van der Waals surface area contributed by atoms with Gasteiger partial charge in [-0.15, -0.1) is 0 Å². The van der Waals surface area contributed by atoms with Crippen molar-refractivity contribution in [3.05, 3.63) is 77.1 Å². The van der Waals surface area contributed by atoms with E-state index in [0.717, 1.165) is 36.4 Å². The number of nitrogen functional groups attached to an aromatic ring is 2. The normalized spacial score (nSPS) is 12.0. The Labute approximate surface area is 176 Å². The van der Waals surface area contributed by atoms with Crippen LogP contribution in [0.15, 0.2) is 54.6 Å². The van der Waals surface area contributed by atoms with Crippen molar-refractivity contribution in [1.82, 2.24) is 0 Å². The molecule has 3 rings (SSSR count). The van der Waals surface area contributed by atoms with Crippen molar-refractivity contribution >= 4 is 23.0 Å². The first-order valence-electron chi connectivity index (χ1n) is 8.82. The van der Waals surface area contributed by atoms with Crippen molar-refractivity contribution in [3.8, 4) is 11.1 Å².